The van der Waals surface area contributed by atoms with Gasteiger partial charge in [-0.2, -0.15) is 0 Å². The molecule has 0 aliphatic rings. The first-order valence-electron chi connectivity index (χ1n) is 5.67. The lowest BCUT2D eigenvalue weighted by atomic mass is 10.1. The molecule has 0 radical (unpaired) electrons. The number of ether oxygens (including phenoxy) is 1. The van der Waals surface area contributed by atoms with Crippen molar-refractivity contribution in [3.8, 4) is 11.5 Å². The Kier molecular flexibility index (Phi) is 5.17. The van der Waals surface area contributed by atoms with Crippen LogP contribution in [0.4, 0.5) is 0 Å². The van der Waals surface area contributed by atoms with Gasteiger partial charge in [0.15, 0.2) is 11.5 Å². The molecule has 0 spiro atoms. The van der Waals surface area contributed by atoms with E-state index in [0.29, 0.717) is 6.42 Å². The van der Waals surface area contributed by atoms with Crippen molar-refractivity contribution in [3.05, 3.63) is 23.8 Å². The number of hydrogen-bond acceptors (Lipinski definition) is 5. The molecule has 0 saturated carbocycles. The molecule has 0 bridgehead atoms. The third-order valence-corrected chi connectivity index (χ3v) is 3.47. The van der Waals surface area contributed by atoms with E-state index < -0.39 is 15.7 Å². The lowest BCUT2D eigenvalue weighted by Crippen LogP contribution is -2.26. The third-order valence-electron chi connectivity index (χ3n) is 2.44. The number of phenols is 1. The zero-order valence-corrected chi connectivity index (χ0v) is 11.7. The Morgan fingerprint density at radius 2 is 2.11 bits per heavy atom. The van der Waals surface area contributed by atoms with E-state index in [4.69, 9.17) is 4.74 Å². The molecule has 1 aromatic rings. The second-order valence-electron chi connectivity index (χ2n) is 4.10. The van der Waals surface area contributed by atoms with Crippen molar-refractivity contribution in [2.45, 2.75) is 6.42 Å². The highest BCUT2D eigenvalue weighted by Crippen LogP contribution is 2.29. The van der Waals surface area contributed by atoms with Gasteiger partial charge in [0, 0.05) is 12.8 Å². The van der Waals surface area contributed by atoms with Gasteiger partial charge in [0.25, 0.3) is 5.91 Å². The maximum Gasteiger partial charge on any atom is 0.255 e. The summed E-state index contributed by atoms with van der Waals surface area (Å²) in [6.45, 7) is 0.225. The third kappa shape index (κ3) is 4.78. The van der Waals surface area contributed by atoms with Crippen molar-refractivity contribution in [1.82, 2.24) is 5.32 Å². The monoisotopic (exact) mass is 287 g/mol. The molecular formula is C12H17NO5S. The summed E-state index contributed by atoms with van der Waals surface area (Å²) in [6.07, 6.45) is 1.47. The number of rotatable bonds is 6. The van der Waals surface area contributed by atoms with Crippen LogP contribution >= 0.6 is 0 Å². The van der Waals surface area contributed by atoms with Gasteiger partial charge in [-0.1, -0.05) is 6.07 Å². The first kappa shape index (κ1) is 15.3. The largest absolute Gasteiger partial charge is 0.504 e. The molecule has 0 heterocycles. The average Bonchev–Trinajstić information content (AvgIpc) is 2.33. The molecule has 2 N–H and O–H groups in total. The minimum atomic E-state index is -3.03. The van der Waals surface area contributed by atoms with Gasteiger partial charge in [0.05, 0.1) is 18.4 Å². The number of methoxy groups -OCH3 is 1. The summed E-state index contributed by atoms with van der Waals surface area (Å²) >= 11 is 0. The van der Waals surface area contributed by atoms with Gasteiger partial charge < -0.3 is 15.2 Å². The van der Waals surface area contributed by atoms with Gasteiger partial charge in [0.1, 0.15) is 9.84 Å². The Morgan fingerprint density at radius 1 is 1.42 bits per heavy atom. The number of para-hydroxylation sites is 1. The van der Waals surface area contributed by atoms with Crippen molar-refractivity contribution in [2.75, 3.05) is 25.7 Å². The van der Waals surface area contributed by atoms with Crippen LogP contribution in [-0.2, 0) is 9.84 Å². The number of phenolic OH excluding ortho intramolecular Hbond substituents is 1. The molecule has 6 nitrogen and oxygen atoms in total. The summed E-state index contributed by atoms with van der Waals surface area (Å²) in [5.74, 6) is -0.475. The van der Waals surface area contributed by atoms with Crippen molar-refractivity contribution in [1.29, 1.82) is 0 Å². The van der Waals surface area contributed by atoms with Crippen LogP contribution in [0.3, 0.4) is 0 Å². The summed E-state index contributed by atoms with van der Waals surface area (Å²) in [5.41, 5.74) is 0.0960. The van der Waals surface area contributed by atoms with Crippen LogP contribution in [0.2, 0.25) is 0 Å². The van der Waals surface area contributed by atoms with Gasteiger partial charge in [-0.05, 0) is 18.6 Å². The minimum absolute atomic E-state index is 0.0113. The topological polar surface area (TPSA) is 92.7 Å². The van der Waals surface area contributed by atoms with Gasteiger partial charge in [-0.25, -0.2) is 8.42 Å². The van der Waals surface area contributed by atoms with E-state index in [1.807, 2.05) is 0 Å². The predicted octanol–water partition coefficient (Wildman–Crippen LogP) is 0.565. The maximum atomic E-state index is 11.8. The SMILES string of the molecule is COc1cccc(C(=O)NCCCS(C)(=O)=O)c1O. The second kappa shape index (κ2) is 6.42. The van der Waals surface area contributed by atoms with E-state index in [-0.39, 0.29) is 29.4 Å². The number of hydrogen-bond donors (Lipinski definition) is 2. The van der Waals surface area contributed by atoms with E-state index >= 15 is 0 Å². The molecule has 0 aliphatic heterocycles. The molecule has 1 amide bonds. The standard InChI is InChI=1S/C12H17NO5S/c1-18-10-6-3-5-9(11(10)14)12(15)13-7-4-8-19(2,16)17/h3,5-6,14H,4,7-8H2,1-2H3,(H,13,15). The molecule has 1 rings (SSSR count). The van der Waals surface area contributed by atoms with E-state index in [0.717, 1.165) is 6.26 Å². The highest BCUT2D eigenvalue weighted by molar-refractivity contribution is 7.90. The average molecular weight is 287 g/mol. The van der Waals surface area contributed by atoms with Crippen LogP contribution in [-0.4, -0.2) is 45.1 Å². The molecule has 0 atom stereocenters. The summed E-state index contributed by atoms with van der Waals surface area (Å²) < 4.78 is 26.7. The van der Waals surface area contributed by atoms with Gasteiger partial charge in [-0.3, -0.25) is 4.79 Å². The minimum Gasteiger partial charge on any atom is -0.504 e. The Bertz CT molecular complexity index is 553. The smallest absolute Gasteiger partial charge is 0.255 e. The van der Waals surface area contributed by atoms with E-state index in [2.05, 4.69) is 5.32 Å². The van der Waals surface area contributed by atoms with Gasteiger partial charge in [-0.15, -0.1) is 0 Å². The molecule has 0 aliphatic carbocycles. The van der Waals surface area contributed by atoms with Crippen LogP contribution in [0.25, 0.3) is 0 Å². The predicted molar refractivity (Wildman–Crippen MR) is 71.3 cm³/mol. The highest BCUT2D eigenvalue weighted by atomic mass is 32.2. The summed E-state index contributed by atoms with van der Waals surface area (Å²) in [4.78, 5) is 11.8. The van der Waals surface area contributed by atoms with Crippen molar-refractivity contribution >= 4 is 15.7 Å². The molecule has 0 aromatic heterocycles. The van der Waals surface area contributed by atoms with Crippen molar-refractivity contribution in [2.24, 2.45) is 0 Å². The number of carbonyl (C=O) groups excluding carboxylic acids is 1. The summed E-state index contributed by atoms with van der Waals surface area (Å²) in [6, 6.07) is 4.59. The van der Waals surface area contributed by atoms with E-state index in [1.165, 1.54) is 19.2 Å². The number of carbonyl (C=O) groups is 1. The summed E-state index contributed by atoms with van der Waals surface area (Å²) in [5, 5.41) is 12.3. The zero-order chi connectivity index (χ0) is 14.5. The number of sulfone groups is 1. The van der Waals surface area contributed by atoms with E-state index in [1.54, 1.807) is 6.07 Å². The lowest BCUT2D eigenvalue weighted by Gasteiger charge is -2.09. The molecule has 1 aromatic carbocycles. The second-order valence-corrected chi connectivity index (χ2v) is 6.36. The van der Waals surface area contributed by atoms with Crippen LogP contribution in [0, 0.1) is 0 Å². The Labute approximate surface area is 112 Å². The Hall–Kier alpha value is -1.76. The van der Waals surface area contributed by atoms with Crippen molar-refractivity contribution < 1.29 is 23.1 Å². The number of nitrogens with one attached hydrogen (secondary N) is 1. The normalized spacial score (nSPS) is 11.1. The first-order valence-corrected chi connectivity index (χ1v) is 7.73. The molecule has 19 heavy (non-hydrogen) atoms. The first-order chi connectivity index (χ1) is 8.85. The maximum absolute atomic E-state index is 11.8. The molecule has 0 fully saturated rings. The number of amides is 1. The number of aromatic hydroxyl groups is 1. The van der Waals surface area contributed by atoms with Crippen LogP contribution in [0.15, 0.2) is 18.2 Å². The number of benzene rings is 1. The fourth-order valence-electron chi connectivity index (χ4n) is 1.50. The quantitative estimate of drug-likeness (QED) is 0.746. The lowest BCUT2D eigenvalue weighted by molar-refractivity contribution is 0.0950. The Morgan fingerprint density at radius 3 is 2.68 bits per heavy atom. The van der Waals surface area contributed by atoms with E-state index in [9.17, 15) is 18.3 Å². The van der Waals surface area contributed by atoms with Crippen LogP contribution in [0.1, 0.15) is 16.8 Å². The van der Waals surface area contributed by atoms with Crippen molar-refractivity contribution in [3.63, 3.8) is 0 Å². The molecule has 7 heteroatoms. The van der Waals surface area contributed by atoms with Crippen LogP contribution in [0.5, 0.6) is 11.5 Å². The zero-order valence-electron chi connectivity index (χ0n) is 10.8. The fraction of sp³-hybridized carbons (Fsp3) is 0.417. The van der Waals surface area contributed by atoms with Gasteiger partial charge >= 0.3 is 0 Å². The molecular weight excluding hydrogens is 270 g/mol. The molecule has 106 valence electrons. The molecule has 0 saturated heterocycles. The Balaban J connectivity index is 2.59. The highest BCUT2D eigenvalue weighted by Gasteiger charge is 2.14. The fourth-order valence-corrected chi connectivity index (χ4v) is 2.17. The summed E-state index contributed by atoms with van der Waals surface area (Å²) in [7, 11) is -1.63. The van der Waals surface area contributed by atoms with Gasteiger partial charge in [0.2, 0.25) is 0 Å². The van der Waals surface area contributed by atoms with Crippen LogP contribution < -0.4 is 10.1 Å². The molecule has 0 unspecified atom stereocenters.